The molecule has 4 aromatic rings. The van der Waals surface area contributed by atoms with E-state index in [9.17, 15) is 12.8 Å². The SMILES string of the molecule is Nc1cnc(-c2ccc(-c3ccccc3S(=O)(=O)c3cc(N)ncn3)cc2F)cn1. The number of anilines is 2. The number of sulfone groups is 1. The van der Waals surface area contributed by atoms with Gasteiger partial charge in [0.1, 0.15) is 23.8 Å². The van der Waals surface area contributed by atoms with Crippen molar-refractivity contribution in [3.63, 3.8) is 0 Å². The molecule has 0 unspecified atom stereocenters. The highest BCUT2D eigenvalue weighted by Crippen LogP contribution is 2.33. The van der Waals surface area contributed by atoms with E-state index in [1.54, 1.807) is 24.3 Å². The molecule has 10 heteroatoms. The quantitative estimate of drug-likeness (QED) is 0.479. The molecule has 8 nitrogen and oxygen atoms in total. The third kappa shape index (κ3) is 3.55. The lowest BCUT2D eigenvalue weighted by Crippen LogP contribution is -2.07. The van der Waals surface area contributed by atoms with E-state index in [2.05, 4.69) is 19.9 Å². The van der Waals surface area contributed by atoms with Gasteiger partial charge in [0.05, 0.1) is 23.0 Å². The summed E-state index contributed by atoms with van der Waals surface area (Å²) < 4.78 is 41.1. The molecular weight excluding hydrogens is 407 g/mol. The largest absolute Gasteiger partial charge is 0.384 e. The molecule has 0 spiro atoms. The van der Waals surface area contributed by atoms with Crippen molar-refractivity contribution >= 4 is 21.5 Å². The summed E-state index contributed by atoms with van der Waals surface area (Å²) in [6, 6.07) is 11.8. The molecule has 4 N–H and O–H groups in total. The highest BCUT2D eigenvalue weighted by Gasteiger charge is 2.24. The first kappa shape index (κ1) is 19.4. The van der Waals surface area contributed by atoms with Crippen LogP contribution in [0.3, 0.4) is 0 Å². The van der Waals surface area contributed by atoms with Crippen LogP contribution in [0, 0.1) is 5.82 Å². The molecule has 4 rings (SSSR count). The lowest BCUT2D eigenvalue weighted by atomic mass is 10.0. The third-order valence-electron chi connectivity index (χ3n) is 4.34. The Bertz CT molecular complexity index is 1340. The first-order valence-corrected chi connectivity index (χ1v) is 10.1. The van der Waals surface area contributed by atoms with Crippen molar-refractivity contribution in [3.05, 3.63) is 73.1 Å². The second kappa shape index (κ2) is 7.48. The first-order chi connectivity index (χ1) is 14.4. The molecule has 2 aromatic heterocycles. The number of rotatable bonds is 4. The van der Waals surface area contributed by atoms with Gasteiger partial charge in [-0.25, -0.2) is 27.8 Å². The zero-order valence-corrected chi connectivity index (χ0v) is 16.2. The van der Waals surface area contributed by atoms with Crippen LogP contribution in [0.2, 0.25) is 0 Å². The average molecular weight is 422 g/mol. The number of nitrogens with zero attached hydrogens (tertiary/aromatic N) is 4. The lowest BCUT2D eigenvalue weighted by molar-refractivity contribution is 0.592. The molecule has 150 valence electrons. The van der Waals surface area contributed by atoms with Crippen LogP contribution in [0.4, 0.5) is 16.0 Å². The molecule has 0 aliphatic heterocycles. The minimum Gasteiger partial charge on any atom is -0.384 e. The number of nitrogens with two attached hydrogens (primary N) is 2. The molecule has 0 radical (unpaired) electrons. The normalized spacial score (nSPS) is 11.4. The van der Waals surface area contributed by atoms with Crippen LogP contribution in [0.25, 0.3) is 22.4 Å². The van der Waals surface area contributed by atoms with Crippen LogP contribution in [0.15, 0.2) is 77.2 Å². The Morgan fingerprint density at radius 2 is 1.60 bits per heavy atom. The maximum absolute atomic E-state index is 14.8. The van der Waals surface area contributed by atoms with E-state index in [1.807, 2.05) is 0 Å². The lowest BCUT2D eigenvalue weighted by Gasteiger charge is -2.12. The molecule has 0 atom stereocenters. The summed E-state index contributed by atoms with van der Waals surface area (Å²) in [7, 11) is -4.01. The standard InChI is InChI=1S/C20H15FN6O2S/c21-15-7-12(5-6-14(15)16-9-25-19(23)10-24-16)13-3-1-2-4-17(13)30(28,29)20-8-18(22)26-11-27-20/h1-11H,(H2,23,25)(H2,22,26,27). The smallest absolute Gasteiger partial charge is 0.224 e. The van der Waals surface area contributed by atoms with Gasteiger partial charge in [-0.1, -0.05) is 24.3 Å². The number of aromatic nitrogens is 4. The van der Waals surface area contributed by atoms with Gasteiger partial charge in [-0.2, -0.15) is 0 Å². The van der Waals surface area contributed by atoms with E-state index in [0.717, 1.165) is 6.33 Å². The first-order valence-electron chi connectivity index (χ1n) is 8.66. The molecule has 2 aromatic carbocycles. The van der Waals surface area contributed by atoms with Crippen LogP contribution in [0.1, 0.15) is 0 Å². The average Bonchev–Trinajstić information content (AvgIpc) is 2.74. The molecule has 0 aliphatic carbocycles. The van der Waals surface area contributed by atoms with E-state index >= 15 is 0 Å². The monoisotopic (exact) mass is 422 g/mol. The zero-order valence-electron chi connectivity index (χ0n) is 15.4. The molecule has 0 saturated heterocycles. The van der Waals surface area contributed by atoms with Crippen molar-refractivity contribution in [2.75, 3.05) is 11.5 Å². The van der Waals surface area contributed by atoms with Crippen molar-refractivity contribution in [2.24, 2.45) is 0 Å². The fraction of sp³-hybridized carbons (Fsp3) is 0. The molecule has 0 fully saturated rings. The van der Waals surface area contributed by atoms with Gasteiger partial charge in [-0.05, 0) is 23.8 Å². The molecule has 0 aliphatic rings. The highest BCUT2D eigenvalue weighted by molar-refractivity contribution is 7.91. The number of benzene rings is 2. The van der Waals surface area contributed by atoms with E-state index in [0.29, 0.717) is 16.8 Å². The molecule has 0 amide bonds. The summed E-state index contributed by atoms with van der Waals surface area (Å²) in [5.41, 5.74) is 12.3. The summed E-state index contributed by atoms with van der Waals surface area (Å²) in [6.45, 7) is 0. The third-order valence-corrected chi connectivity index (χ3v) is 6.05. The van der Waals surface area contributed by atoms with Crippen LogP contribution in [-0.2, 0) is 9.84 Å². The molecule has 0 bridgehead atoms. The van der Waals surface area contributed by atoms with E-state index < -0.39 is 15.7 Å². The number of hydrogen-bond acceptors (Lipinski definition) is 8. The van der Waals surface area contributed by atoms with Gasteiger partial charge in [0.15, 0.2) is 5.03 Å². The summed E-state index contributed by atoms with van der Waals surface area (Å²) in [5, 5.41) is -0.239. The van der Waals surface area contributed by atoms with Gasteiger partial charge in [0.25, 0.3) is 0 Å². The van der Waals surface area contributed by atoms with Crippen molar-refractivity contribution in [3.8, 4) is 22.4 Å². The van der Waals surface area contributed by atoms with Gasteiger partial charge in [-0.3, -0.25) is 4.98 Å². The van der Waals surface area contributed by atoms with E-state index in [-0.39, 0.29) is 27.1 Å². The van der Waals surface area contributed by atoms with E-state index in [4.69, 9.17) is 11.5 Å². The summed E-state index contributed by atoms with van der Waals surface area (Å²) >= 11 is 0. The van der Waals surface area contributed by atoms with Crippen LogP contribution in [-0.4, -0.2) is 28.4 Å². The Morgan fingerprint density at radius 3 is 2.30 bits per heavy atom. The fourth-order valence-electron chi connectivity index (χ4n) is 2.92. The molecular formula is C20H15FN6O2S. The Kier molecular flexibility index (Phi) is 4.84. The minimum atomic E-state index is -4.01. The van der Waals surface area contributed by atoms with Gasteiger partial charge < -0.3 is 11.5 Å². The molecule has 0 saturated carbocycles. The van der Waals surface area contributed by atoms with Crippen LogP contribution in [0.5, 0.6) is 0 Å². The van der Waals surface area contributed by atoms with Gasteiger partial charge >= 0.3 is 0 Å². The second-order valence-electron chi connectivity index (χ2n) is 6.30. The second-order valence-corrected chi connectivity index (χ2v) is 8.17. The Balaban J connectivity index is 1.81. The van der Waals surface area contributed by atoms with Crippen molar-refractivity contribution in [2.45, 2.75) is 9.92 Å². The van der Waals surface area contributed by atoms with E-state index in [1.165, 1.54) is 36.7 Å². The number of nitrogen functional groups attached to an aromatic ring is 2. The van der Waals surface area contributed by atoms with Crippen molar-refractivity contribution in [1.29, 1.82) is 0 Å². The van der Waals surface area contributed by atoms with Gasteiger partial charge in [0.2, 0.25) is 9.84 Å². The zero-order chi connectivity index (χ0) is 21.3. The summed E-state index contributed by atoms with van der Waals surface area (Å²) in [6.07, 6.45) is 3.77. The summed E-state index contributed by atoms with van der Waals surface area (Å²) in [5.74, 6) is -0.327. The Hall–Kier alpha value is -3.92. The highest BCUT2D eigenvalue weighted by atomic mass is 32.2. The maximum atomic E-state index is 14.8. The maximum Gasteiger partial charge on any atom is 0.224 e. The summed E-state index contributed by atoms with van der Waals surface area (Å²) in [4.78, 5) is 15.5. The van der Waals surface area contributed by atoms with Crippen LogP contribution >= 0.6 is 0 Å². The Morgan fingerprint density at radius 1 is 0.800 bits per heavy atom. The molecule has 30 heavy (non-hydrogen) atoms. The van der Waals surface area contributed by atoms with Crippen LogP contribution < -0.4 is 11.5 Å². The topological polar surface area (TPSA) is 138 Å². The van der Waals surface area contributed by atoms with Crippen molar-refractivity contribution < 1.29 is 12.8 Å². The minimum absolute atomic E-state index is 0.0254. The fourth-order valence-corrected chi connectivity index (χ4v) is 4.34. The predicted molar refractivity (Wildman–Crippen MR) is 109 cm³/mol. The molecule has 2 heterocycles. The number of halogens is 1. The Labute approximate surface area is 171 Å². The van der Waals surface area contributed by atoms with Gasteiger partial charge in [0, 0.05) is 17.2 Å². The van der Waals surface area contributed by atoms with Gasteiger partial charge in [-0.15, -0.1) is 0 Å². The number of hydrogen-bond donors (Lipinski definition) is 2. The predicted octanol–water partition coefficient (Wildman–Crippen LogP) is 2.74. The van der Waals surface area contributed by atoms with Crippen molar-refractivity contribution in [1.82, 2.24) is 19.9 Å².